The van der Waals surface area contributed by atoms with Crippen LogP contribution in [0.1, 0.15) is 6.92 Å². The Labute approximate surface area is 231 Å². The number of fused-ring (bicyclic) bond motifs is 1. The summed E-state index contributed by atoms with van der Waals surface area (Å²) in [4.78, 5) is 13.2. The number of hydrogen-bond acceptors (Lipinski definition) is 14. The molecule has 0 spiro atoms. The highest BCUT2D eigenvalue weighted by molar-refractivity contribution is 5.86. The Morgan fingerprint density at radius 3 is 2.20 bits per heavy atom. The highest BCUT2D eigenvalue weighted by Crippen LogP contribution is 2.35. The molecule has 1 aromatic heterocycles. The number of phenols is 2. The number of aliphatic hydroxyl groups excluding tert-OH is 6. The van der Waals surface area contributed by atoms with E-state index in [2.05, 4.69) is 0 Å². The topological polar surface area (TPSA) is 229 Å². The number of rotatable bonds is 6. The minimum Gasteiger partial charge on any atom is -0.508 e. The second kappa shape index (κ2) is 11.5. The van der Waals surface area contributed by atoms with Gasteiger partial charge in [0.1, 0.15) is 70.6 Å². The molecule has 14 nitrogen and oxygen atoms in total. The normalized spacial score (nSPS) is 34.0. The average Bonchev–Trinajstić information content (AvgIpc) is 2.94. The van der Waals surface area contributed by atoms with Crippen LogP contribution in [0.15, 0.2) is 51.7 Å². The summed E-state index contributed by atoms with van der Waals surface area (Å²) in [6, 6.07) is 9.29. The van der Waals surface area contributed by atoms with Crippen LogP contribution in [0.5, 0.6) is 17.2 Å². The molecule has 3 heterocycles. The third-order valence-corrected chi connectivity index (χ3v) is 7.10. The Kier molecular flexibility index (Phi) is 8.20. The third kappa shape index (κ3) is 5.61. The van der Waals surface area contributed by atoms with Gasteiger partial charge in [0.05, 0.1) is 12.7 Å². The van der Waals surface area contributed by atoms with E-state index in [9.17, 15) is 45.6 Å². The largest absolute Gasteiger partial charge is 0.508 e. The predicted octanol–water partition coefficient (Wildman–Crippen LogP) is -1.10. The second-order valence-corrected chi connectivity index (χ2v) is 9.95. The molecule has 8 N–H and O–H groups in total. The quantitative estimate of drug-likeness (QED) is 0.174. The van der Waals surface area contributed by atoms with E-state index in [0.29, 0.717) is 5.56 Å². The molecule has 2 aliphatic heterocycles. The predicted molar refractivity (Wildman–Crippen MR) is 137 cm³/mol. The summed E-state index contributed by atoms with van der Waals surface area (Å²) in [5.74, 6) is -0.498. The molecule has 0 bridgehead atoms. The summed E-state index contributed by atoms with van der Waals surface area (Å²) in [7, 11) is 0. The second-order valence-electron chi connectivity index (χ2n) is 9.95. The molecule has 14 heteroatoms. The summed E-state index contributed by atoms with van der Waals surface area (Å²) in [5, 5.41) is 81.3. The van der Waals surface area contributed by atoms with Crippen LogP contribution in [0.3, 0.4) is 0 Å². The van der Waals surface area contributed by atoms with E-state index in [1.54, 1.807) is 0 Å². The molecule has 5 rings (SSSR count). The third-order valence-electron chi connectivity index (χ3n) is 7.10. The Bertz CT molecular complexity index is 1420. The first-order valence-corrected chi connectivity index (χ1v) is 12.7. The fourth-order valence-electron chi connectivity index (χ4n) is 4.80. The van der Waals surface area contributed by atoms with Crippen molar-refractivity contribution in [2.45, 2.75) is 68.3 Å². The Hall–Kier alpha value is -3.31. The Morgan fingerprint density at radius 2 is 1.51 bits per heavy atom. The number of phenolic OH excluding ortho intramolecular Hbond substituents is 2. The van der Waals surface area contributed by atoms with E-state index in [-0.39, 0.29) is 34.0 Å². The summed E-state index contributed by atoms with van der Waals surface area (Å²) in [6.45, 7) is 0.674. The zero-order valence-electron chi connectivity index (χ0n) is 21.5. The van der Waals surface area contributed by atoms with Crippen LogP contribution in [-0.2, 0) is 14.2 Å². The fourth-order valence-corrected chi connectivity index (χ4v) is 4.80. The van der Waals surface area contributed by atoms with Crippen LogP contribution in [0.25, 0.3) is 22.3 Å². The van der Waals surface area contributed by atoms with Crippen molar-refractivity contribution >= 4 is 11.0 Å². The smallest absolute Gasteiger partial charge is 0.229 e. The maximum absolute atomic E-state index is 13.2. The van der Waals surface area contributed by atoms with Crippen LogP contribution in [0, 0.1) is 0 Å². The van der Waals surface area contributed by atoms with Gasteiger partial charge >= 0.3 is 0 Å². The minimum absolute atomic E-state index is 0.00857. The minimum atomic E-state index is -1.79. The number of benzene rings is 2. The molecule has 3 aromatic rings. The van der Waals surface area contributed by atoms with Crippen molar-refractivity contribution in [2.75, 3.05) is 6.61 Å². The highest BCUT2D eigenvalue weighted by Gasteiger charge is 2.51. The molecule has 222 valence electrons. The summed E-state index contributed by atoms with van der Waals surface area (Å²) < 4.78 is 28.4. The molecule has 0 aliphatic carbocycles. The SMILES string of the molecule is C[C@H]1O[C@H](O[C@H]2[C@H](Oc3cc(O)cc4oc(-c5ccc(O)cc5)cc(=O)c34)O[C@H](CO)[C@@H](O)[C@@H]2O)[C@@H](O)[C@@H](O)[C@@H]1O. The van der Waals surface area contributed by atoms with Crippen LogP contribution in [-0.4, -0.2) is 109 Å². The Morgan fingerprint density at radius 1 is 0.805 bits per heavy atom. The lowest BCUT2D eigenvalue weighted by Gasteiger charge is -2.45. The molecule has 2 fully saturated rings. The first kappa shape index (κ1) is 29.2. The van der Waals surface area contributed by atoms with Crippen molar-refractivity contribution in [1.29, 1.82) is 0 Å². The fraction of sp³-hybridized carbons (Fsp3) is 0.444. The molecule has 0 radical (unpaired) electrons. The van der Waals surface area contributed by atoms with E-state index >= 15 is 0 Å². The molecule has 0 saturated carbocycles. The van der Waals surface area contributed by atoms with E-state index in [1.807, 2.05) is 0 Å². The van der Waals surface area contributed by atoms with Gasteiger partial charge in [-0.1, -0.05) is 0 Å². The maximum atomic E-state index is 13.2. The number of aromatic hydroxyl groups is 2. The lowest BCUT2D eigenvalue weighted by atomic mass is 9.97. The number of hydrogen-bond donors (Lipinski definition) is 8. The van der Waals surface area contributed by atoms with E-state index < -0.39 is 73.4 Å². The van der Waals surface area contributed by atoms with Crippen molar-refractivity contribution in [1.82, 2.24) is 0 Å². The van der Waals surface area contributed by atoms with Crippen molar-refractivity contribution in [3.8, 4) is 28.6 Å². The first-order valence-electron chi connectivity index (χ1n) is 12.7. The van der Waals surface area contributed by atoms with Gasteiger partial charge in [-0.3, -0.25) is 4.79 Å². The molecular weight excluding hydrogens is 548 g/mol. The highest BCUT2D eigenvalue weighted by atomic mass is 16.8. The van der Waals surface area contributed by atoms with Crippen LogP contribution < -0.4 is 10.2 Å². The van der Waals surface area contributed by atoms with Crippen LogP contribution >= 0.6 is 0 Å². The van der Waals surface area contributed by atoms with Gasteiger partial charge in [0.2, 0.25) is 6.29 Å². The molecule has 0 amide bonds. The van der Waals surface area contributed by atoms with Crippen molar-refractivity contribution in [3.63, 3.8) is 0 Å². The zero-order chi connectivity index (χ0) is 29.6. The molecule has 10 atom stereocenters. The summed E-state index contributed by atoms with van der Waals surface area (Å²) in [5.41, 5.74) is -0.207. The van der Waals surface area contributed by atoms with Gasteiger partial charge in [-0.2, -0.15) is 0 Å². The van der Waals surface area contributed by atoms with Gasteiger partial charge < -0.3 is 64.2 Å². The van der Waals surface area contributed by atoms with Gasteiger partial charge in [0, 0.05) is 23.8 Å². The van der Waals surface area contributed by atoms with E-state index in [1.165, 1.54) is 43.3 Å². The van der Waals surface area contributed by atoms with Crippen molar-refractivity contribution < 1.29 is 64.2 Å². The van der Waals surface area contributed by atoms with Crippen molar-refractivity contribution in [3.05, 3.63) is 52.7 Å². The maximum Gasteiger partial charge on any atom is 0.229 e. The van der Waals surface area contributed by atoms with Crippen LogP contribution in [0.4, 0.5) is 0 Å². The molecule has 2 aliphatic rings. The van der Waals surface area contributed by atoms with E-state index in [4.69, 9.17) is 23.4 Å². The van der Waals surface area contributed by atoms with E-state index in [0.717, 1.165) is 6.07 Å². The monoisotopic (exact) mass is 578 g/mol. The molecule has 41 heavy (non-hydrogen) atoms. The lowest BCUT2D eigenvalue weighted by molar-refractivity contribution is -0.354. The van der Waals surface area contributed by atoms with Crippen molar-refractivity contribution in [2.24, 2.45) is 0 Å². The van der Waals surface area contributed by atoms with Gasteiger partial charge in [-0.05, 0) is 31.2 Å². The van der Waals surface area contributed by atoms with Gasteiger partial charge in [-0.15, -0.1) is 0 Å². The molecular formula is C27H30O14. The summed E-state index contributed by atoms with van der Waals surface area (Å²) >= 11 is 0. The first-order chi connectivity index (χ1) is 19.5. The molecule has 2 aromatic carbocycles. The van der Waals surface area contributed by atoms with Gasteiger partial charge in [0.15, 0.2) is 17.8 Å². The standard InChI is InChI=1S/C27H30O14/c1-10-20(32)22(34)24(36)26(37-10)41-25-23(35)21(33)18(9-28)40-27(25)39-17-7-13(30)6-16-19(17)14(31)8-15(38-16)11-2-4-12(29)5-3-11/h2-8,10,18,20-30,32-36H,9H2,1H3/t10-,18-,20-,21-,22+,23+,24+,25-,26-,27-/m1/s1. The molecule has 2 saturated heterocycles. The van der Waals surface area contributed by atoms with Crippen LogP contribution in [0.2, 0.25) is 0 Å². The van der Waals surface area contributed by atoms with Gasteiger partial charge in [-0.25, -0.2) is 0 Å². The van der Waals surface area contributed by atoms with Gasteiger partial charge in [0.25, 0.3) is 0 Å². The Balaban J connectivity index is 1.50. The average molecular weight is 579 g/mol. The lowest BCUT2D eigenvalue weighted by Crippen LogP contribution is -2.64. The molecule has 0 unspecified atom stereocenters. The zero-order valence-corrected chi connectivity index (χ0v) is 21.5. The summed E-state index contributed by atoms with van der Waals surface area (Å²) in [6.07, 6.45) is -15.6. The number of aliphatic hydroxyl groups is 6. The number of ether oxygens (including phenoxy) is 4.